The number of hydrogen-bond donors (Lipinski definition) is 0. The smallest absolute Gasteiger partial charge is 0.274 e. The molecule has 2 aromatic heterocycles. The van der Waals surface area contributed by atoms with Crippen LogP contribution in [0, 0.1) is 10.1 Å². The molecule has 4 rings (SSSR count). The zero-order chi connectivity index (χ0) is 21.8. The number of carbonyl (C=O) groups excluding carboxylic acids is 2. The Balaban J connectivity index is 1.35. The van der Waals surface area contributed by atoms with Gasteiger partial charge in [0.05, 0.1) is 17.0 Å². The van der Waals surface area contributed by atoms with Gasteiger partial charge in [-0.25, -0.2) is 4.68 Å². The van der Waals surface area contributed by atoms with Crippen LogP contribution in [0.3, 0.4) is 0 Å². The Morgan fingerprint density at radius 1 is 0.968 bits per heavy atom. The molecule has 1 aliphatic rings. The Hall–Kier alpha value is -4.08. The standard InChI is InChI=1S/C21H20N6O4/c28-20(15-16-3-1-2-9-22-16)24-11-13-25(14-12-24)21(29)19-8-10-26(23-19)17-4-6-18(7-5-17)27(30)31/h1-10H,11-15H2. The minimum Gasteiger partial charge on any atom is -0.339 e. The van der Waals surface area contributed by atoms with Gasteiger partial charge in [0.15, 0.2) is 5.69 Å². The first-order chi connectivity index (χ1) is 15.0. The molecule has 0 unspecified atom stereocenters. The third-order valence-electron chi connectivity index (χ3n) is 5.11. The molecule has 0 aliphatic carbocycles. The highest BCUT2D eigenvalue weighted by Crippen LogP contribution is 2.16. The molecule has 3 aromatic rings. The highest BCUT2D eigenvalue weighted by molar-refractivity contribution is 5.92. The average Bonchev–Trinajstić information content (AvgIpc) is 3.30. The van der Waals surface area contributed by atoms with Crippen LogP contribution in [-0.4, -0.2) is 67.5 Å². The van der Waals surface area contributed by atoms with Gasteiger partial charge in [0.25, 0.3) is 11.6 Å². The molecule has 10 nitrogen and oxygen atoms in total. The van der Waals surface area contributed by atoms with E-state index in [-0.39, 0.29) is 29.6 Å². The monoisotopic (exact) mass is 420 g/mol. The minimum absolute atomic E-state index is 0.00625. The largest absolute Gasteiger partial charge is 0.339 e. The maximum absolute atomic E-state index is 12.8. The molecule has 1 aliphatic heterocycles. The highest BCUT2D eigenvalue weighted by Gasteiger charge is 2.26. The molecule has 0 saturated carbocycles. The molecule has 0 N–H and O–H groups in total. The van der Waals surface area contributed by atoms with Crippen molar-refractivity contribution in [2.24, 2.45) is 0 Å². The summed E-state index contributed by atoms with van der Waals surface area (Å²) < 4.78 is 1.50. The van der Waals surface area contributed by atoms with E-state index in [0.717, 1.165) is 5.69 Å². The van der Waals surface area contributed by atoms with Crippen molar-refractivity contribution in [3.63, 3.8) is 0 Å². The molecule has 3 heterocycles. The summed E-state index contributed by atoms with van der Waals surface area (Å²) in [5, 5.41) is 15.1. The van der Waals surface area contributed by atoms with E-state index in [2.05, 4.69) is 10.1 Å². The lowest BCUT2D eigenvalue weighted by molar-refractivity contribution is -0.384. The van der Waals surface area contributed by atoms with Gasteiger partial charge < -0.3 is 9.80 Å². The van der Waals surface area contributed by atoms with Crippen LogP contribution in [0.4, 0.5) is 5.69 Å². The zero-order valence-corrected chi connectivity index (χ0v) is 16.6. The van der Waals surface area contributed by atoms with Crippen molar-refractivity contribution in [3.05, 3.63) is 82.4 Å². The van der Waals surface area contributed by atoms with Crippen LogP contribution in [0.25, 0.3) is 5.69 Å². The zero-order valence-electron chi connectivity index (χ0n) is 16.6. The molecule has 0 spiro atoms. The fourth-order valence-electron chi connectivity index (χ4n) is 3.40. The van der Waals surface area contributed by atoms with Crippen LogP contribution in [-0.2, 0) is 11.2 Å². The fourth-order valence-corrected chi connectivity index (χ4v) is 3.40. The third kappa shape index (κ3) is 4.58. The molecular formula is C21H20N6O4. The predicted molar refractivity (Wildman–Crippen MR) is 111 cm³/mol. The van der Waals surface area contributed by atoms with Gasteiger partial charge in [-0.2, -0.15) is 5.10 Å². The topological polar surface area (TPSA) is 114 Å². The molecule has 158 valence electrons. The van der Waals surface area contributed by atoms with E-state index in [4.69, 9.17) is 0 Å². The first-order valence-electron chi connectivity index (χ1n) is 9.79. The second-order valence-corrected chi connectivity index (χ2v) is 7.09. The molecule has 1 aromatic carbocycles. The van der Waals surface area contributed by atoms with Crippen molar-refractivity contribution in [1.29, 1.82) is 0 Å². The number of carbonyl (C=O) groups is 2. The number of aromatic nitrogens is 3. The highest BCUT2D eigenvalue weighted by atomic mass is 16.6. The number of piperazine rings is 1. The SMILES string of the molecule is O=C(Cc1ccccn1)N1CCN(C(=O)c2ccn(-c3ccc([N+](=O)[O-])cc3)n2)CC1. The van der Waals surface area contributed by atoms with Crippen LogP contribution in [0.15, 0.2) is 60.9 Å². The van der Waals surface area contributed by atoms with Gasteiger partial charge in [-0.3, -0.25) is 24.7 Å². The lowest BCUT2D eigenvalue weighted by Crippen LogP contribution is -2.51. The van der Waals surface area contributed by atoms with E-state index in [1.807, 2.05) is 12.1 Å². The Morgan fingerprint density at radius 3 is 2.32 bits per heavy atom. The molecule has 0 radical (unpaired) electrons. The molecule has 2 amide bonds. The number of rotatable bonds is 5. The van der Waals surface area contributed by atoms with Crippen molar-refractivity contribution in [3.8, 4) is 5.69 Å². The van der Waals surface area contributed by atoms with E-state index in [1.54, 1.807) is 46.5 Å². The van der Waals surface area contributed by atoms with Crippen molar-refractivity contribution < 1.29 is 14.5 Å². The number of nitro groups is 1. The van der Waals surface area contributed by atoms with E-state index in [1.165, 1.54) is 16.8 Å². The van der Waals surface area contributed by atoms with Gasteiger partial charge in [-0.1, -0.05) is 6.07 Å². The lowest BCUT2D eigenvalue weighted by Gasteiger charge is -2.34. The first kappa shape index (κ1) is 20.2. The van der Waals surface area contributed by atoms with Crippen molar-refractivity contribution >= 4 is 17.5 Å². The molecule has 1 fully saturated rings. The molecule has 31 heavy (non-hydrogen) atoms. The molecule has 0 atom stereocenters. The van der Waals surface area contributed by atoms with Gasteiger partial charge in [0.1, 0.15) is 0 Å². The number of nitrogens with zero attached hydrogens (tertiary/aromatic N) is 6. The molecule has 1 saturated heterocycles. The quantitative estimate of drug-likeness (QED) is 0.458. The summed E-state index contributed by atoms with van der Waals surface area (Å²) in [6.07, 6.45) is 3.55. The number of hydrogen-bond acceptors (Lipinski definition) is 6. The van der Waals surface area contributed by atoms with Crippen molar-refractivity contribution in [2.75, 3.05) is 26.2 Å². The summed E-state index contributed by atoms with van der Waals surface area (Å²) >= 11 is 0. The summed E-state index contributed by atoms with van der Waals surface area (Å²) in [4.78, 5) is 43.2. The van der Waals surface area contributed by atoms with Crippen LogP contribution in [0.5, 0.6) is 0 Å². The van der Waals surface area contributed by atoms with Gasteiger partial charge in [0, 0.05) is 56.4 Å². The Kier molecular flexibility index (Phi) is 5.69. The number of nitro benzene ring substituents is 1. The van der Waals surface area contributed by atoms with E-state index >= 15 is 0 Å². The van der Waals surface area contributed by atoms with Gasteiger partial charge in [-0.05, 0) is 30.3 Å². The number of benzene rings is 1. The van der Waals surface area contributed by atoms with Gasteiger partial charge >= 0.3 is 0 Å². The summed E-state index contributed by atoms with van der Waals surface area (Å²) in [5.74, 6) is -0.217. The first-order valence-corrected chi connectivity index (χ1v) is 9.79. The second kappa shape index (κ2) is 8.74. The maximum atomic E-state index is 12.8. The summed E-state index contributed by atoms with van der Waals surface area (Å²) in [6.45, 7) is 1.77. The van der Waals surface area contributed by atoms with Crippen LogP contribution < -0.4 is 0 Å². The second-order valence-electron chi connectivity index (χ2n) is 7.09. The lowest BCUT2D eigenvalue weighted by atomic mass is 10.2. The van der Waals surface area contributed by atoms with E-state index in [9.17, 15) is 19.7 Å². The molecular weight excluding hydrogens is 400 g/mol. The maximum Gasteiger partial charge on any atom is 0.274 e. The van der Waals surface area contributed by atoms with E-state index in [0.29, 0.717) is 31.9 Å². The normalized spacial score (nSPS) is 13.8. The van der Waals surface area contributed by atoms with E-state index < -0.39 is 4.92 Å². The Morgan fingerprint density at radius 2 is 1.68 bits per heavy atom. The summed E-state index contributed by atoms with van der Waals surface area (Å²) in [7, 11) is 0. The van der Waals surface area contributed by atoms with Crippen molar-refractivity contribution in [1.82, 2.24) is 24.6 Å². The minimum atomic E-state index is -0.470. The Bertz CT molecular complexity index is 1090. The third-order valence-corrected chi connectivity index (χ3v) is 5.11. The molecule has 0 bridgehead atoms. The number of pyridine rings is 1. The molecule has 10 heteroatoms. The summed E-state index contributed by atoms with van der Waals surface area (Å²) in [6, 6.07) is 13.0. The van der Waals surface area contributed by atoms with Crippen LogP contribution >= 0.6 is 0 Å². The van der Waals surface area contributed by atoms with Crippen molar-refractivity contribution in [2.45, 2.75) is 6.42 Å². The summed E-state index contributed by atoms with van der Waals surface area (Å²) in [5.41, 5.74) is 1.62. The average molecular weight is 420 g/mol. The van der Waals surface area contributed by atoms with Crippen LogP contribution in [0.2, 0.25) is 0 Å². The predicted octanol–water partition coefficient (Wildman–Crippen LogP) is 1.70. The Labute approximate surface area is 177 Å². The number of amides is 2. The van der Waals surface area contributed by atoms with Gasteiger partial charge in [-0.15, -0.1) is 0 Å². The fraction of sp³-hybridized carbons (Fsp3) is 0.238. The number of non-ortho nitro benzene ring substituents is 1. The van der Waals surface area contributed by atoms with Crippen LogP contribution in [0.1, 0.15) is 16.2 Å². The van der Waals surface area contributed by atoms with Gasteiger partial charge in [0.2, 0.25) is 5.91 Å².